The molecule has 44 heavy (non-hydrogen) atoms. The summed E-state index contributed by atoms with van der Waals surface area (Å²) in [5.74, 6) is 2.29. The smallest absolute Gasteiger partial charge is 0.152 e. The summed E-state index contributed by atoms with van der Waals surface area (Å²) in [5, 5.41) is 8.88. The first-order valence-corrected chi connectivity index (χ1v) is 16.6. The average molecular weight is 609 g/mol. The molecule has 0 saturated carbocycles. The van der Waals surface area contributed by atoms with E-state index in [4.69, 9.17) is 20.2 Å². The van der Waals surface area contributed by atoms with Crippen molar-refractivity contribution in [3.8, 4) is 5.75 Å². The van der Waals surface area contributed by atoms with E-state index in [0.717, 1.165) is 92.8 Å². The minimum absolute atomic E-state index is 0.0996. The van der Waals surface area contributed by atoms with Gasteiger partial charge in [-0.1, -0.05) is 73.1 Å². The fourth-order valence-electron chi connectivity index (χ4n) is 5.82. The number of amidine groups is 1. The Morgan fingerprint density at radius 3 is 2.50 bits per heavy atom. The van der Waals surface area contributed by atoms with Gasteiger partial charge < -0.3 is 35.3 Å². The van der Waals surface area contributed by atoms with E-state index < -0.39 is 0 Å². The zero-order valence-electron chi connectivity index (χ0n) is 28.7. The number of methoxy groups -OCH3 is 1. The van der Waals surface area contributed by atoms with E-state index in [2.05, 4.69) is 92.6 Å². The number of nitrogens with zero attached hydrogens (tertiary/aromatic N) is 3. The second-order valence-corrected chi connectivity index (χ2v) is 13.7. The lowest BCUT2D eigenvalue weighted by molar-refractivity contribution is 0.0181. The third-order valence-electron chi connectivity index (χ3n) is 8.33. The second kappa shape index (κ2) is 17.0. The molecule has 2 heterocycles. The minimum atomic E-state index is -0.162. The van der Waals surface area contributed by atoms with Gasteiger partial charge in [0.1, 0.15) is 11.6 Å². The standard InChI is InChI=1S/C36H60N6O2/c1-9-11-12-17-39-34(40-32(37)13-10-2)33-28(3)16-20-42(33)24-29-14-15-30(23-31(29)43-8)36(6,7)27-44-26-35(4,5)25-41-21-18-38-19-22-41/h14-16,20,23,38-39H,3,9-13,17-19,21-22,24-27H2,1-2,4-8H3,(H2,37,40)/b34-33+. The van der Waals surface area contributed by atoms with E-state index in [1.807, 2.05) is 6.07 Å². The van der Waals surface area contributed by atoms with E-state index in [0.29, 0.717) is 19.0 Å². The summed E-state index contributed by atoms with van der Waals surface area (Å²) in [4.78, 5) is 7.37. The molecule has 1 aromatic heterocycles. The molecule has 0 spiro atoms. The lowest BCUT2D eigenvalue weighted by Gasteiger charge is -2.36. The largest absolute Gasteiger partial charge is 0.496 e. The van der Waals surface area contributed by atoms with Crippen molar-refractivity contribution in [2.24, 2.45) is 16.1 Å². The lowest BCUT2D eigenvalue weighted by Crippen LogP contribution is -2.48. The number of nitrogens with one attached hydrogen (secondary N) is 2. The monoisotopic (exact) mass is 608 g/mol. The predicted molar refractivity (Wildman–Crippen MR) is 186 cm³/mol. The molecule has 0 aliphatic carbocycles. The number of aromatic nitrogens is 1. The van der Waals surface area contributed by atoms with Gasteiger partial charge in [-0.2, -0.15) is 0 Å². The van der Waals surface area contributed by atoms with Crippen LogP contribution in [0.2, 0.25) is 0 Å². The molecule has 0 radical (unpaired) electrons. The summed E-state index contributed by atoms with van der Waals surface area (Å²) in [5.41, 5.74) is 8.54. The van der Waals surface area contributed by atoms with Crippen LogP contribution in [0.15, 0.2) is 35.5 Å². The zero-order chi connectivity index (χ0) is 32.2. The first kappa shape index (κ1) is 35.7. The van der Waals surface area contributed by atoms with Crippen LogP contribution < -0.4 is 31.7 Å². The fraction of sp³-hybridized carbons (Fsp3) is 0.639. The van der Waals surface area contributed by atoms with Crippen LogP contribution in [0.3, 0.4) is 0 Å². The van der Waals surface area contributed by atoms with Crippen molar-refractivity contribution in [3.05, 3.63) is 52.2 Å². The van der Waals surface area contributed by atoms with E-state index >= 15 is 0 Å². The van der Waals surface area contributed by atoms with Gasteiger partial charge in [-0.15, -0.1) is 0 Å². The molecular weight excluding hydrogens is 548 g/mol. The summed E-state index contributed by atoms with van der Waals surface area (Å²) < 4.78 is 14.5. The number of piperazine rings is 1. The molecule has 1 fully saturated rings. The van der Waals surface area contributed by atoms with Crippen LogP contribution in [-0.4, -0.2) is 74.9 Å². The van der Waals surface area contributed by atoms with Crippen LogP contribution in [-0.2, 0) is 16.7 Å². The highest BCUT2D eigenvalue weighted by Gasteiger charge is 2.27. The fourth-order valence-corrected chi connectivity index (χ4v) is 5.82. The Hall–Kier alpha value is -2.81. The lowest BCUT2D eigenvalue weighted by atomic mass is 9.84. The van der Waals surface area contributed by atoms with Gasteiger partial charge in [0.25, 0.3) is 0 Å². The molecular formula is C36H60N6O2. The highest BCUT2D eigenvalue weighted by Crippen LogP contribution is 2.30. The quantitative estimate of drug-likeness (QED) is 0.134. The summed E-state index contributed by atoms with van der Waals surface area (Å²) in [6, 6.07) is 8.61. The van der Waals surface area contributed by atoms with Crippen molar-refractivity contribution in [1.82, 2.24) is 20.1 Å². The Balaban J connectivity index is 1.79. The Bertz CT molecular complexity index is 1310. The van der Waals surface area contributed by atoms with E-state index in [9.17, 15) is 0 Å². The number of rotatable bonds is 18. The highest BCUT2D eigenvalue weighted by molar-refractivity contribution is 5.83. The van der Waals surface area contributed by atoms with Gasteiger partial charge in [0, 0.05) is 68.3 Å². The van der Waals surface area contributed by atoms with E-state index in [1.54, 1.807) is 7.11 Å². The molecule has 1 aromatic carbocycles. The topological polar surface area (TPSA) is 89.1 Å². The minimum Gasteiger partial charge on any atom is -0.496 e. The van der Waals surface area contributed by atoms with Crippen LogP contribution in [0.4, 0.5) is 0 Å². The maximum absolute atomic E-state index is 6.37. The third-order valence-corrected chi connectivity index (χ3v) is 8.33. The summed E-state index contributed by atoms with van der Waals surface area (Å²) in [7, 11) is 1.75. The average Bonchev–Trinajstić information content (AvgIpc) is 3.34. The Morgan fingerprint density at radius 2 is 1.82 bits per heavy atom. The number of benzene rings is 1. The van der Waals surface area contributed by atoms with Crippen LogP contribution >= 0.6 is 0 Å². The van der Waals surface area contributed by atoms with Crippen LogP contribution in [0.1, 0.15) is 84.8 Å². The van der Waals surface area contributed by atoms with Gasteiger partial charge >= 0.3 is 0 Å². The number of unbranched alkanes of at least 4 members (excludes halogenated alkanes) is 2. The van der Waals surface area contributed by atoms with Gasteiger partial charge in [0.2, 0.25) is 0 Å². The number of nitrogens with two attached hydrogens (primary N) is 1. The van der Waals surface area contributed by atoms with Crippen molar-refractivity contribution in [2.75, 3.05) is 59.6 Å². The molecule has 0 amide bonds. The number of aliphatic imine (C=N–C) groups is 1. The van der Waals surface area contributed by atoms with Crippen LogP contribution in [0, 0.1) is 5.41 Å². The Morgan fingerprint density at radius 1 is 1.07 bits per heavy atom. The summed E-state index contributed by atoms with van der Waals surface area (Å²) in [6.45, 7) is 26.0. The van der Waals surface area contributed by atoms with E-state index in [1.165, 1.54) is 18.4 Å². The molecule has 3 rings (SSSR count). The Kier molecular flexibility index (Phi) is 13.8. The molecule has 1 saturated heterocycles. The maximum atomic E-state index is 6.37. The Labute approximate surface area is 266 Å². The predicted octanol–water partition coefficient (Wildman–Crippen LogP) is 4.18. The summed E-state index contributed by atoms with van der Waals surface area (Å²) in [6.07, 6.45) is 7.21. The number of hydrogen-bond donors (Lipinski definition) is 3. The molecule has 0 bridgehead atoms. The first-order valence-electron chi connectivity index (χ1n) is 16.6. The molecule has 0 atom stereocenters. The molecule has 8 nitrogen and oxygen atoms in total. The van der Waals surface area contributed by atoms with E-state index in [-0.39, 0.29) is 10.8 Å². The van der Waals surface area contributed by atoms with Crippen molar-refractivity contribution in [2.45, 2.75) is 85.6 Å². The number of hydrogen-bond acceptors (Lipinski definition) is 6. The molecule has 4 N–H and O–H groups in total. The van der Waals surface area contributed by atoms with Gasteiger partial charge in [0.05, 0.1) is 32.2 Å². The summed E-state index contributed by atoms with van der Waals surface area (Å²) >= 11 is 0. The maximum Gasteiger partial charge on any atom is 0.152 e. The highest BCUT2D eigenvalue weighted by atomic mass is 16.5. The van der Waals surface area contributed by atoms with Crippen LogP contribution in [0.5, 0.6) is 5.75 Å². The second-order valence-electron chi connectivity index (χ2n) is 13.7. The third kappa shape index (κ3) is 10.7. The van der Waals surface area contributed by atoms with Gasteiger partial charge in [-0.3, -0.25) is 0 Å². The van der Waals surface area contributed by atoms with Gasteiger partial charge in [-0.05, 0) is 35.8 Å². The molecule has 246 valence electrons. The van der Waals surface area contributed by atoms with Crippen molar-refractivity contribution in [3.63, 3.8) is 0 Å². The van der Waals surface area contributed by atoms with Gasteiger partial charge in [-0.25, -0.2) is 4.99 Å². The van der Waals surface area contributed by atoms with Crippen molar-refractivity contribution < 1.29 is 9.47 Å². The van der Waals surface area contributed by atoms with Crippen molar-refractivity contribution in [1.29, 1.82) is 0 Å². The number of ether oxygens (including phenoxy) is 2. The van der Waals surface area contributed by atoms with Crippen molar-refractivity contribution >= 4 is 18.2 Å². The van der Waals surface area contributed by atoms with Gasteiger partial charge in [0.15, 0.2) is 5.82 Å². The molecule has 1 aliphatic rings. The molecule has 8 heteroatoms. The molecule has 2 aromatic rings. The first-order chi connectivity index (χ1) is 21.0. The van der Waals surface area contributed by atoms with Crippen LogP contribution in [0.25, 0.3) is 12.4 Å². The molecule has 1 aliphatic heterocycles. The zero-order valence-corrected chi connectivity index (χ0v) is 28.7. The normalized spacial score (nSPS) is 15.8. The molecule has 0 unspecified atom stereocenters. The SMILES string of the molecule is C=c1ccn(Cc2ccc(C(C)(C)COCC(C)(C)CN3CCNCC3)cc2OC)/c1=C(/N=C(/N)CCC)NCCCCC.